The van der Waals surface area contributed by atoms with E-state index in [-0.39, 0.29) is 5.91 Å². The van der Waals surface area contributed by atoms with Crippen LogP contribution < -0.4 is 5.32 Å². The Morgan fingerprint density at radius 2 is 2.55 bits per heavy atom. The topological polar surface area (TPSA) is 44.7 Å². The number of nitrogens with one attached hydrogen (secondary N) is 1. The molecular weight excluding hydrogens is 142 g/mol. The summed E-state index contributed by atoms with van der Waals surface area (Å²) in [6.07, 6.45) is 0.378. The van der Waals surface area contributed by atoms with Crippen molar-refractivity contribution in [3.8, 4) is 0 Å². The quantitative estimate of drug-likeness (QED) is 0.589. The molecule has 0 fully saturated rings. The highest BCUT2D eigenvalue weighted by molar-refractivity contribution is 6.00. The van der Waals surface area contributed by atoms with E-state index in [4.69, 9.17) is 0 Å². The molecule has 0 aromatic rings. The summed E-state index contributed by atoms with van der Waals surface area (Å²) < 4.78 is 0. The predicted octanol–water partition coefficient (Wildman–Crippen LogP) is -0.372. The average molecular weight is 154 g/mol. The van der Waals surface area contributed by atoms with E-state index in [9.17, 15) is 4.79 Å². The number of hydrogen-bond acceptors (Lipinski definition) is 3. The van der Waals surface area contributed by atoms with Crippen LogP contribution in [0.3, 0.4) is 0 Å². The lowest BCUT2D eigenvalue weighted by atomic mass is 10.3. The van der Waals surface area contributed by atoms with E-state index in [1.807, 2.05) is 0 Å². The van der Waals surface area contributed by atoms with Crippen LogP contribution in [0, 0.1) is 6.54 Å². The summed E-state index contributed by atoms with van der Waals surface area (Å²) >= 11 is 0. The lowest BCUT2D eigenvalue weighted by Gasteiger charge is -2.09. The van der Waals surface area contributed by atoms with Gasteiger partial charge in [0.05, 0.1) is 13.0 Å². The van der Waals surface area contributed by atoms with Gasteiger partial charge in [-0.05, 0) is 0 Å². The fraction of sp³-hybridized carbons (Fsp3) is 0.571. The maximum Gasteiger partial charge on any atom is 0.229 e. The van der Waals surface area contributed by atoms with Gasteiger partial charge in [-0.3, -0.25) is 9.79 Å². The first-order chi connectivity index (χ1) is 5.20. The fourth-order valence-electron chi connectivity index (χ4n) is 0.774. The van der Waals surface area contributed by atoms with Crippen LogP contribution in [-0.4, -0.2) is 37.3 Å². The Morgan fingerprint density at radius 3 is 3.00 bits per heavy atom. The van der Waals surface area contributed by atoms with Crippen molar-refractivity contribution in [3.63, 3.8) is 0 Å². The number of carbonyl (C=O) groups is 1. The Balaban J connectivity index is 2.35. The second-order valence-electron chi connectivity index (χ2n) is 2.60. The number of aliphatic imine (C=N–C) groups is 1. The summed E-state index contributed by atoms with van der Waals surface area (Å²) in [5, 5.41) is 2.99. The number of carbonyl (C=O) groups excluding carboxylic acids is 1. The number of rotatable bonds is 2. The van der Waals surface area contributed by atoms with Gasteiger partial charge in [-0.2, -0.15) is 0 Å². The molecule has 0 saturated heterocycles. The van der Waals surface area contributed by atoms with Gasteiger partial charge in [0.1, 0.15) is 5.84 Å². The van der Waals surface area contributed by atoms with E-state index < -0.39 is 0 Å². The normalized spacial score (nSPS) is 15.6. The highest BCUT2D eigenvalue weighted by Crippen LogP contribution is 1.96. The Kier molecular flexibility index (Phi) is 2.46. The van der Waals surface area contributed by atoms with Gasteiger partial charge in [-0.15, -0.1) is 0 Å². The molecule has 1 rings (SSSR count). The van der Waals surface area contributed by atoms with Gasteiger partial charge in [0.2, 0.25) is 5.91 Å². The molecule has 1 amide bonds. The first-order valence-electron chi connectivity index (χ1n) is 3.52. The number of nitrogens with zero attached hydrogens (tertiary/aromatic N) is 2. The van der Waals surface area contributed by atoms with E-state index in [0.29, 0.717) is 6.42 Å². The molecule has 0 atom stereocenters. The Labute approximate surface area is 66.3 Å². The van der Waals surface area contributed by atoms with Crippen molar-refractivity contribution in [1.29, 1.82) is 0 Å². The van der Waals surface area contributed by atoms with E-state index in [0.717, 1.165) is 12.4 Å². The van der Waals surface area contributed by atoms with Gasteiger partial charge >= 0.3 is 0 Å². The molecular formula is C7H12N3O. The smallest absolute Gasteiger partial charge is 0.229 e. The van der Waals surface area contributed by atoms with Crippen molar-refractivity contribution in [2.45, 2.75) is 6.42 Å². The van der Waals surface area contributed by atoms with Crippen LogP contribution in [0.4, 0.5) is 0 Å². The lowest BCUT2D eigenvalue weighted by molar-refractivity contribution is -0.127. The average Bonchev–Trinajstić information content (AvgIpc) is 2.39. The largest absolute Gasteiger partial charge is 0.371 e. The molecule has 1 aliphatic rings. The second-order valence-corrected chi connectivity index (χ2v) is 2.60. The summed E-state index contributed by atoms with van der Waals surface area (Å²) in [7, 11) is 3.48. The summed E-state index contributed by atoms with van der Waals surface area (Å²) in [4.78, 5) is 16.6. The molecule has 0 unspecified atom stereocenters. The van der Waals surface area contributed by atoms with Crippen LogP contribution in [0.25, 0.3) is 0 Å². The van der Waals surface area contributed by atoms with E-state index in [1.165, 1.54) is 0 Å². The first-order valence-corrected chi connectivity index (χ1v) is 3.52. The summed E-state index contributed by atoms with van der Waals surface area (Å²) in [5.41, 5.74) is 0. The molecule has 0 aromatic heterocycles. The van der Waals surface area contributed by atoms with Gasteiger partial charge in [-0.25, -0.2) is 0 Å². The van der Waals surface area contributed by atoms with Crippen molar-refractivity contribution in [2.75, 3.05) is 20.6 Å². The second kappa shape index (κ2) is 3.37. The minimum Gasteiger partial charge on any atom is -0.371 e. The summed E-state index contributed by atoms with van der Waals surface area (Å²) in [6.45, 7) is 2.51. The number of hydrogen-bond donors (Lipinski definition) is 1. The predicted molar refractivity (Wildman–Crippen MR) is 43.0 cm³/mol. The van der Waals surface area contributed by atoms with Crippen LogP contribution in [0.2, 0.25) is 0 Å². The van der Waals surface area contributed by atoms with Crippen molar-refractivity contribution in [3.05, 3.63) is 6.54 Å². The molecule has 0 aromatic carbocycles. The van der Waals surface area contributed by atoms with Gasteiger partial charge in [0.25, 0.3) is 0 Å². The fourth-order valence-corrected chi connectivity index (χ4v) is 0.774. The minimum absolute atomic E-state index is 0.0755. The highest BCUT2D eigenvalue weighted by Gasteiger charge is 2.11. The van der Waals surface area contributed by atoms with E-state index in [1.54, 1.807) is 25.5 Å². The van der Waals surface area contributed by atoms with Crippen molar-refractivity contribution < 1.29 is 4.79 Å². The third-order valence-electron chi connectivity index (χ3n) is 1.46. The van der Waals surface area contributed by atoms with Crippen LogP contribution in [0.15, 0.2) is 4.99 Å². The number of amidine groups is 1. The lowest BCUT2D eigenvalue weighted by Crippen LogP contribution is -2.28. The van der Waals surface area contributed by atoms with Gasteiger partial charge in [0.15, 0.2) is 0 Å². The van der Waals surface area contributed by atoms with Crippen molar-refractivity contribution in [2.24, 2.45) is 4.99 Å². The Bertz CT molecular complexity index is 186. The molecule has 4 nitrogen and oxygen atoms in total. The van der Waals surface area contributed by atoms with Crippen LogP contribution in [-0.2, 0) is 4.79 Å². The zero-order valence-corrected chi connectivity index (χ0v) is 6.79. The van der Waals surface area contributed by atoms with Crippen molar-refractivity contribution in [1.82, 2.24) is 10.2 Å². The van der Waals surface area contributed by atoms with Crippen molar-refractivity contribution >= 4 is 11.7 Å². The third kappa shape index (κ3) is 2.22. The van der Waals surface area contributed by atoms with Crippen LogP contribution in [0.5, 0.6) is 0 Å². The van der Waals surface area contributed by atoms with Gasteiger partial charge in [-0.1, -0.05) is 0 Å². The third-order valence-corrected chi connectivity index (χ3v) is 1.46. The zero-order chi connectivity index (χ0) is 8.27. The molecule has 1 heterocycles. The van der Waals surface area contributed by atoms with E-state index >= 15 is 0 Å². The van der Waals surface area contributed by atoms with Crippen LogP contribution in [0.1, 0.15) is 6.42 Å². The maximum atomic E-state index is 11.1. The standard InChI is InChI=1S/C7H12N3O/c1-10(2)7(11)5-6-8-3-4-9-6/h3H,4-5H2,1-2H3,(H,8,9). The molecule has 1 radical (unpaired) electrons. The van der Waals surface area contributed by atoms with E-state index in [2.05, 4.69) is 10.3 Å². The molecule has 11 heavy (non-hydrogen) atoms. The SMILES string of the molecule is CN(C)C(=O)CC1=N[CH]CN1. The molecule has 0 spiro atoms. The molecule has 0 bridgehead atoms. The molecule has 61 valence electrons. The van der Waals surface area contributed by atoms with Gasteiger partial charge in [0, 0.05) is 20.6 Å². The summed E-state index contributed by atoms with van der Waals surface area (Å²) in [5.74, 6) is 0.843. The monoisotopic (exact) mass is 154 g/mol. The minimum atomic E-state index is 0.0755. The Hall–Kier alpha value is -1.06. The zero-order valence-electron chi connectivity index (χ0n) is 6.79. The van der Waals surface area contributed by atoms with Gasteiger partial charge < -0.3 is 10.2 Å². The number of amides is 1. The first kappa shape index (κ1) is 8.04. The maximum absolute atomic E-state index is 11.1. The Morgan fingerprint density at radius 1 is 1.82 bits per heavy atom. The highest BCUT2D eigenvalue weighted by atomic mass is 16.2. The molecule has 1 N–H and O–H groups in total. The van der Waals surface area contributed by atoms with Crippen LogP contribution >= 0.6 is 0 Å². The molecule has 4 heteroatoms. The molecule has 0 aliphatic carbocycles. The molecule has 0 saturated carbocycles. The molecule has 1 aliphatic heterocycles. The summed E-state index contributed by atoms with van der Waals surface area (Å²) in [6, 6.07) is 0.